The van der Waals surface area contributed by atoms with Gasteiger partial charge < -0.3 is 0 Å². The maximum Gasteiger partial charge on any atom is 0.122 e. The molecule has 0 radical (unpaired) electrons. The van der Waals surface area contributed by atoms with Crippen molar-refractivity contribution in [3.8, 4) is 0 Å². The Labute approximate surface area is 61.8 Å². The molecule has 0 bridgehead atoms. The van der Waals surface area contributed by atoms with E-state index in [4.69, 9.17) is 0 Å². The van der Waals surface area contributed by atoms with Crippen LogP contribution in [0.4, 0.5) is 4.39 Å². The van der Waals surface area contributed by atoms with Crippen molar-refractivity contribution in [2.45, 2.75) is 19.8 Å². The number of hydrogen-bond donors (Lipinski definition) is 0. The van der Waals surface area contributed by atoms with E-state index < -0.39 is 0 Å². The first-order chi connectivity index (χ1) is 4.81. The van der Waals surface area contributed by atoms with Gasteiger partial charge in [-0.3, -0.25) is 0 Å². The molecule has 0 unspecified atom stereocenters. The lowest BCUT2D eigenvalue weighted by molar-refractivity contribution is 0.668. The molecule has 0 fully saturated rings. The zero-order valence-electron chi connectivity index (χ0n) is 6.31. The fourth-order valence-corrected chi connectivity index (χ4v) is 0.491. The van der Waals surface area contributed by atoms with Crippen LogP contribution < -0.4 is 0 Å². The highest BCUT2D eigenvalue weighted by molar-refractivity contribution is 5.15. The first-order valence-corrected chi connectivity index (χ1v) is 3.46. The van der Waals surface area contributed by atoms with E-state index in [1.807, 2.05) is 6.08 Å². The van der Waals surface area contributed by atoms with Crippen molar-refractivity contribution in [2.75, 3.05) is 0 Å². The van der Waals surface area contributed by atoms with Crippen LogP contribution in [0.5, 0.6) is 0 Å². The summed E-state index contributed by atoms with van der Waals surface area (Å²) in [4.78, 5) is 0. The van der Waals surface area contributed by atoms with Gasteiger partial charge in [0.15, 0.2) is 0 Å². The van der Waals surface area contributed by atoms with Gasteiger partial charge in [-0.2, -0.15) is 0 Å². The Balaban J connectivity index is 3.59. The molecule has 0 aromatic rings. The zero-order valence-corrected chi connectivity index (χ0v) is 6.31. The van der Waals surface area contributed by atoms with Crippen LogP contribution in [0.25, 0.3) is 0 Å². The molecular formula is C9H13F. The second-order valence-electron chi connectivity index (χ2n) is 1.97. The Morgan fingerprint density at radius 3 is 2.80 bits per heavy atom. The summed E-state index contributed by atoms with van der Waals surface area (Å²) < 4.78 is 12.3. The highest BCUT2D eigenvalue weighted by Crippen LogP contribution is 1.97. The summed E-state index contributed by atoms with van der Waals surface area (Å²) in [6, 6.07) is 0. The molecule has 0 amide bonds. The molecule has 0 N–H and O–H groups in total. The number of hydrogen-bond acceptors (Lipinski definition) is 0. The summed E-state index contributed by atoms with van der Waals surface area (Å²) >= 11 is 0. The maximum atomic E-state index is 12.3. The van der Waals surface area contributed by atoms with Crippen molar-refractivity contribution in [3.63, 3.8) is 0 Å². The summed E-state index contributed by atoms with van der Waals surface area (Å²) in [7, 11) is 0. The molecule has 0 aliphatic rings. The molecule has 0 aliphatic heterocycles. The lowest BCUT2D eigenvalue weighted by Crippen LogP contribution is -1.62. The molecule has 0 aromatic carbocycles. The van der Waals surface area contributed by atoms with E-state index >= 15 is 0 Å². The van der Waals surface area contributed by atoms with Crippen LogP contribution >= 0.6 is 0 Å². The second-order valence-corrected chi connectivity index (χ2v) is 1.97. The van der Waals surface area contributed by atoms with E-state index in [9.17, 15) is 4.39 Å². The fourth-order valence-electron chi connectivity index (χ4n) is 0.491. The predicted octanol–water partition coefficient (Wildman–Crippen LogP) is 3.38. The van der Waals surface area contributed by atoms with Crippen LogP contribution in [0.1, 0.15) is 19.8 Å². The second kappa shape index (κ2) is 6.27. The molecule has 10 heavy (non-hydrogen) atoms. The van der Waals surface area contributed by atoms with Gasteiger partial charge in [-0.25, -0.2) is 4.39 Å². The third kappa shape index (κ3) is 5.29. The van der Waals surface area contributed by atoms with E-state index in [-0.39, 0.29) is 5.83 Å². The number of rotatable bonds is 4. The van der Waals surface area contributed by atoms with Crippen molar-refractivity contribution >= 4 is 0 Å². The van der Waals surface area contributed by atoms with E-state index in [0.717, 1.165) is 12.8 Å². The van der Waals surface area contributed by atoms with Crippen molar-refractivity contribution in [3.05, 3.63) is 36.7 Å². The minimum Gasteiger partial charge on any atom is -0.207 e. The smallest absolute Gasteiger partial charge is 0.122 e. The molecule has 0 spiro atoms. The summed E-state index contributed by atoms with van der Waals surface area (Å²) in [6.45, 7) is 5.36. The van der Waals surface area contributed by atoms with Crippen LogP contribution in [0.3, 0.4) is 0 Å². The topological polar surface area (TPSA) is 0 Å². The van der Waals surface area contributed by atoms with Crippen LogP contribution in [0.2, 0.25) is 0 Å². The quantitative estimate of drug-likeness (QED) is 0.525. The number of halogens is 1. The minimum atomic E-state index is -0.285. The third-order valence-electron chi connectivity index (χ3n) is 1.04. The summed E-state index contributed by atoms with van der Waals surface area (Å²) in [5, 5.41) is 0. The molecular weight excluding hydrogens is 127 g/mol. The Bertz CT molecular complexity index is 143. The summed E-state index contributed by atoms with van der Waals surface area (Å²) in [5.41, 5.74) is 0. The van der Waals surface area contributed by atoms with Crippen LogP contribution in [0, 0.1) is 0 Å². The van der Waals surface area contributed by atoms with Gasteiger partial charge >= 0.3 is 0 Å². The van der Waals surface area contributed by atoms with Crippen molar-refractivity contribution in [1.29, 1.82) is 0 Å². The molecule has 0 nitrogen and oxygen atoms in total. The molecule has 1 heteroatoms. The monoisotopic (exact) mass is 140 g/mol. The summed E-state index contributed by atoms with van der Waals surface area (Å²) in [6.07, 6.45) is 8.34. The van der Waals surface area contributed by atoms with E-state index in [1.165, 1.54) is 12.2 Å². The maximum absolute atomic E-state index is 12.3. The average molecular weight is 140 g/mol. The number of unbranched alkanes of at least 4 members (excludes halogenated alkanes) is 1. The van der Waals surface area contributed by atoms with Crippen molar-refractivity contribution in [1.82, 2.24) is 0 Å². The Morgan fingerprint density at radius 1 is 1.60 bits per heavy atom. The highest BCUT2D eigenvalue weighted by Gasteiger charge is 1.78. The van der Waals surface area contributed by atoms with Crippen LogP contribution in [-0.4, -0.2) is 0 Å². The summed E-state index contributed by atoms with van der Waals surface area (Å²) in [5.74, 6) is -0.285. The van der Waals surface area contributed by atoms with E-state index in [2.05, 4.69) is 13.5 Å². The SMILES string of the molecule is C=C/C(F)=C\C=C/CCC. The van der Waals surface area contributed by atoms with Gasteiger partial charge in [0.05, 0.1) is 0 Å². The first kappa shape index (κ1) is 9.15. The van der Waals surface area contributed by atoms with Crippen LogP contribution in [0.15, 0.2) is 36.7 Å². The van der Waals surface area contributed by atoms with Crippen molar-refractivity contribution in [2.24, 2.45) is 0 Å². The predicted molar refractivity (Wildman–Crippen MR) is 43.4 cm³/mol. The largest absolute Gasteiger partial charge is 0.207 e. The average Bonchev–Trinajstić information content (AvgIpc) is 1.98. The number of allylic oxidation sites excluding steroid dienone is 5. The van der Waals surface area contributed by atoms with Crippen LogP contribution in [-0.2, 0) is 0 Å². The molecule has 56 valence electrons. The molecule has 0 saturated heterocycles. The van der Waals surface area contributed by atoms with Gasteiger partial charge in [0.1, 0.15) is 5.83 Å². The molecule has 0 aliphatic carbocycles. The Hall–Kier alpha value is -0.850. The highest BCUT2D eigenvalue weighted by atomic mass is 19.1. The van der Waals surface area contributed by atoms with Gasteiger partial charge in [0, 0.05) is 0 Å². The first-order valence-electron chi connectivity index (χ1n) is 3.46. The Morgan fingerprint density at radius 2 is 2.30 bits per heavy atom. The molecule has 0 rings (SSSR count). The third-order valence-corrected chi connectivity index (χ3v) is 1.04. The lowest BCUT2D eigenvalue weighted by Gasteiger charge is -1.81. The van der Waals surface area contributed by atoms with E-state index in [1.54, 1.807) is 6.08 Å². The zero-order chi connectivity index (χ0) is 7.82. The Kier molecular flexibility index (Phi) is 5.74. The standard InChI is InChI=1S/C9H13F/c1-3-5-6-7-8-9(10)4-2/h4,6-8H,2-3,5H2,1H3/b7-6-,9-8+. The van der Waals surface area contributed by atoms with Crippen molar-refractivity contribution < 1.29 is 4.39 Å². The van der Waals surface area contributed by atoms with Gasteiger partial charge in [-0.1, -0.05) is 32.1 Å². The normalized spacial score (nSPS) is 12.4. The molecule has 0 atom stereocenters. The van der Waals surface area contributed by atoms with Gasteiger partial charge in [0.25, 0.3) is 0 Å². The van der Waals surface area contributed by atoms with Gasteiger partial charge in [-0.05, 0) is 18.6 Å². The van der Waals surface area contributed by atoms with Gasteiger partial charge in [-0.15, -0.1) is 0 Å². The molecule has 0 aromatic heterocycles. The molecule has 0 heterocycles. The van der Waals surface area contributed by atoms with E-state index in [0.29, 0.717) is 0 Å². The van der Waals surface area contributed by atoms with Gasteiger partial charge in [0.2, 0.25) is 0 Å². The molecule has 0 saturated carbocycles. The lowest BCUT2D eigenvalue weighted by atomic mass is 10.3. The fraction of sp³-hybridized carbons (Fsp3) is 0.333. The minimum absolute atomic E-state index is 0.285.